The molecule has 0 saturated carbocycles. The number of aliphatic hydroxyl groups is 1. The molecule has 5 heteroatoms. The standard InChI is InChI=1S/C12H12F2N2O/c13-8-1-2-11(14)10(5-8)12-6-9(17)7-16(12)4-3-15/h1-2,5,9,12,17H,4,6-7H2/t9-,12+/m0/s1. The average Bonchev–Trinajstić information content (AvgIpc) is 2.64. The molecule has 0 aromatic heterocycles. The van der Waals surface area contributed by atoms with Crippen LogP contribution in [-0.4, -0.2) is 29.2 Å². The Morgan fingerprint density at radius 2 is 2.24 bits per heavy atom. The maximum Gasteiger partial charge on any atom is 0.128 e. The summed E-state index contributed by atoms with van der Waals surface area (Å²) in [5, 5.41) is 18.2. The summed E-state index contributed by atoms with van der Waals surface area (Å²) in [6.07, 6.45) is -0.279. The highest BCUT2D eigenvalue weighted by Crippen LogP contribution is 2.33. The van der Waals surface area contributed by atoms with Gasteiger partial charge in [-0.15, -0.1) is 0 Å². The Hall–Kier alpha value is -1.51. The molecule has 0 bridgehead atoms. The van der Waals surface area contributed by atoms with Crippen molar-refractivity contribution in [3.8, 4) is 6.07 Å². The van der Waals surface area contributed by atoms with E-state index >= 15 is 0 Å². The Kier molecular flexibility index (Phi) is 3.36. The van der Waals surface area contributed by atoms with Crippen molar-refractivity contribution in [2.45, 2.75) is 18.6 Å². The summed E-state index contributed by atoms with van der Waals surface area (Å²) < 4.78 is 26.7. The van der Waals surface area contributed by atoms with Crippen molar-refractivity contribution in [1.29, 1.82) is 5.26 Å². The van der Waals surface area contributed by atoms with Crippen molar-refractivity contribution in [3.05, 3.63) is 35.4 Å². The maximum atomic E-state index is 13.6. The maximum absolute atomic E-state index is 13.6. The zero-order chi connectivity index (χ0) is 12.4. The first-order chi connectivity index (χ1) is 8.11. The molecule has 17 heavy (non-hydrogen) atoms. The molecule has 0 spiro atoms. The van der Waals surface area contributed by atoms with Gasteiger partial charge in [-0.05, 0) is 24.6 Å². The van der Waals surface area contributed by atoms with Crippen molar-refractivity contribution in [2.75, 3.05) is 13.1 Å². The smallest absolute Gasteiger partial charge is 0.128 e. The molecular formula is C12H12F2N2O. The molecule has 1 aliphatic rings. The highest BCUT2D eigenvalue weighted by molar-refractivity contribution is 5.24. The van der Waals surface area contributed by atoms with E-state index in [4.69, 9.17) is 5.26 Å². The number of halogens is 2. The monoisotopic (exact) mass is 238 g/mol. The van der Waals surface area contributed by atoms with Crippen molar-refractivity contribution < 1.29 is 13.9 Å². The van der Waals surface area contributed by atoms with Crippen LogP contribution < -0.4 is 0 Å². The summed E-state index contributed by atoms with van der Waals surface area (Å²) in [4.78, 5) is 1.66. The number of rotatable bonds is 2. The molecule has 2 rings (SSSR count). The van der Waals surface area contributed by atoms with Crippen molar-refractivity contribution in [2.24, 2.45) is 0 Å². The third kappa shape index (κ3) is 2.43. The lowest BCUT2D eigenvalue weighted by Gasteiger charge is -2.21. The fourth-order valence-corrected chi connectivity index (χ4v) is 2.24. The van der Waals surface area contributed by atoms with Crippen LogP contribution in [-0.2, 0) is 0 Å². The van der Waals surface area contributed by atoms with Crippen LogP contribution in [0.15, 0.2) is 18.2 Å². The Labute approximate surface area is 97.9 Å². The summed E-state index contributed by atoms with van der Waals surface area (Å²) in [6, 6.07) is 4.78. The number of nitriles is 1. The molecule has 0 amide bonds. The quantitative estimate of drug-likeness (QED) is 0.796. The van der Waals surface area contributed by atoms with Gasteiger partial charge in [-0.2, -0.15) is 5.26 Å². The number of aliphatic hydroxyl groups excluding tert-OH is 1. The van der Waals surface area contributed by atoms with Crippen LogP contribution in [0.25, 0.3) is 0 Å². The lowest BCUT2D eigenvalue weighted by atomic mass is 10.0. The number of likely N-dealkylation sites (tertiary alicyclic amines) is 1. The van der Waals surface area contributed by atoms with E-state index in [0.29, 0.717) is 13.0 Å². The SMILES string of the molecule is N#CCN1C[C@@H](O)C[C@@H]1c1cc(F)ccc1F. The minimum atomic E-state index is -0.601. The van der Waals surface area contributed by atoms with Crippen LogP contribution in [0.2, 0.25) is 0 Å². The second kappa shape index (κ2) is 4.78. The van der Waals surface area contributed by atoms with Gasteiger partial charge < -0.3 is 5.11 Å². The molecule has 0 unspecified atom stereocenters. The van der Waals surface area contributed by atoms with Crippen LogP contribution in [0.5, 0.6) is 0 Å². The zero-order valence-electron chi connectivity index (χ0n) is 9.11. The Balaban J connectivity index is 2.31. The molecule has 3 nitrogen and oxygen atoms in total. The molecule has 1 aromatic rings. The normalized spacial score (nSPS) is 24.8. The van der Waals surface area contributed by atoms with Crippen molar-refractivity contribution >= 4 is 0 Å². The first-order valence-corrected chi connectivity index (χ1v) is 5.36. The predicted octanol–water partition coefficient (Wildman–Crippen LogP) is 1.60. The second-order valence-corrected chi connectivity index (χ2v) is 4.16. The third-order valence-electron chi connectivity index (χ3n) is 2.97. The first-order valence-electron chi connectivity index (χ1n) is 5.36. The van der Waals surface area contributed by atoms with Gasteiger partial charge in [0.05, 0.1) is 18.7 Å². The summed E-state index contributed by atoms with van der Waals surface area (Å²) in [6.45, 7) is 0.409. The Morgan fingerprint density at radius 3 is 2.94 bits per heavy atom. The van der Waals surface area contributed by atoms with E-state index in [-0.39, 0.29) is 12.1 Å². The summed E-state index contributed by atoms with van der Waals surface area (Å²) in [5.74, 6) is -1.02. The summed E-state index contributed by atoms with van der Waals surface area (Å²) >= 11 is 0. The average molecular weight is 238 g/mol. The minimum absolute atomic E-state index is 0.0949. The molecule has 1 aliphatic heterocycles. The highest BCUT2D eigenvalue weighted by Gasteiger charge is 2.33. The van der Waals surface area contributed by atoms with Crippen LogP contribution in [0.4, 0.5) is 8.78 Å². The van der Waals surface area contributed by atoms with Gasteiger partial charge in [0.2, 0.25) is 0 Å². The van der Waals surface area contributed by atoms with Gasteiger partial charge in [0.25, 0.3) is 0 Å². The molecule has 1 aromatic carbocycles. The number of hydrogen-bond acceptors (Lipinski definition) is 3. The largest absolute Gasteiger partial charge is 0.392 e. The summed E-state index contributed by atoms with van der Waals surface area (Å²) in [5.41, 5.74) is 0.205. The topological polar surface area (TPSA) is 47.3 Å². The summed E-state index contributed by atoms with van der Waals surface area (Å²) in [7, 11) is 0. The highest BCUT2D eigenvalue weighted by atomic mass is 19.1. The van der Waals surface area contributed by atoms with Crippen LogP contribution in [0.3, 0.4) is 0 Å². The fourth-order valence-electron chi connectivity index (χ4n) is 2.24. The first kappa shape index (κ1) is 12.0. The molecule has 1 fully saturated rings. The van der Waals surface area contributed by atoms with Gasteiger partial charge in [0, 0.05) is 18.2 Å². The van der Waals surface area contributed by atoms with Gasteiger partial charge >= 0.3 is 0 Å². The van der Waals surface area contributed by atoms with Crippen LogP contribution in [0, 0.1) is 23.0 Å². The lowest BCUT2D eigenvalue weighted by molar-refractivity contribution is 0.179. The predicted molar refractivity (Wildman–Crippen MR) is 56.9 cm³/mol. The van der Waals surface area contributed by atoms with E-state index in [1.807, 2.05) is 6.07 Å². The van der Waals surface area contributed by atoms with E-state index in [2.05, 4.69) is 0 Å². The van der Waals surface area contributed by atoms with Gasteiger partial charge in [-0.25, -0.2) is 8.78 Å². The molecule has 90 valence electrons. The number of hydrogen-bond donors (Lipinski definition) is 1. The fraction of sp³-hybridized carbons (Fsp3) is 0.417. The second-order valence-electron chi connectivity index (χ2n) is 4.16. The number of benzene rings is 1. The van der Waals surface area contributed by atoms with E-state index in [1.54, 1.807) is 4.90 Å². The van der Waals surface area contributed by atoms with E-state index < -0.39 is 23.8 Å². The Morgan fingerprint density at radius 1 is 1.47 bits per heavy atom. The van der Waals surface area contributed by atoms with Crippen LogP contribution in [0.1, 0.15) is 18.0 Å². The molecule has 1 heterocycles. The zero-order valence-corrected chi connectivity index (χ0v) is 9.11. The lowest BCUT2D eigenvalue weighted by Crippen LogP contribution is -2.25. The number of nitrogens with zero attached hydrogens (tertiary/aromatic N) is 2. The van der Waals surface area contributed by atoms with Crippen molar-refractivity contribution in [1.82, 2.24) is 4.90 Å². The molecule has 0 aliphatic carbocycles. The molecule has 1 N–H and O–H groups in total. The van der Waals surface area contributed by atoms with E-state index in [1.165, 1.54) is 0 Å². The van der Waals surface area contributed by atoms with Gasteiger partial charge in [0.1, 0.15) is 11.6 Å². The van der Waals surface area contributed by atoms with Gasteiger partial charge in [0.15, 0.2) is 0 Å². The van der Waals surface area contributed by atoms with Crippen LogP contribution >= 0.6 is 0 Å². The number of β-amino-alcohol motifs (C(OH)–C–C–N with tert-alkyl or cyclic N) is 1. The minimum Gasteiger partial charge on any atom is -0.392 e. The molecular weight excluding hydrogens is 226 g/mol. The van der Waals surface area contributed by atoms with Gasteiger partial charge in [-0.3, -0.25) is 4.90 Å². The van der Waals surface area contributed by atoms with E-state index in [9.17, 15) is 13.9 Å². The third-order valence-corrected chi connectivity index (χ3v) is 2.97. The molecule has 0 radical (unpaired) electrons. The van der Waals surface area contributed by atoms with E-state index in [0.717, 1.165) is 18.2 Å². The molecule has 2 atom stereocenters. The molecule has 1 saturated heterocycles. The Bertz CT molecular complexity index is 458. The van der Waals surface area contributed by atoms with Crippen molar-refractivity contribution in [3.63, 3.8) is 0 Å². The van der Waals surface area contributed by atoms with Gasteiger partial charge in [-0.1, -0.05) is 0 Å².